The number of unbranched alkanes of at least 4 members (excludes halogenated alkanes) is 2. The molecule has 234 valence electrons. The number of benzene rings is 2. The SMILES string of the molecule is CCCCCS(=O)(=O)NC(=O)c1ccc(N2[C@@H]3CC[C@H]2CC(OC(=O)c2c(-c4c(Cl)cccc4Cl)noc2C2CC2)C3)cc1. The van der Waals surface area contributed by atoms with Gasteiger partial charge < -0.3 is 14.2 Å². The summed E-state index contributed by atoms with van der Waals surface area (Å²) < 4.78 is 38.5. The van der Waals surface area contributed by atoms with Gasteiger partial charge in [0.2, 0.25) is 10.0 Å². The normalized spacial score (nSPS) is 21.3. The van der Waals surface area contributed by atoms with Crippen LogP contribution in [0, 0.1) is 0 Å². The molecule has 2 aliphatic heterocycles. The van der Waals surface area contributed by atoms with Crippen molar-refractivity contribution in [3.8, 4) is 11.3 Å². The highest BCUT2D eigenvalue weighted by atomic mass is 35.5. The van der Waals surface area contributed by atoms with E-state index in [2.05, 4.69) is 14.8 Å². The Hall–Kier alpha value is -3.08. The first-order chi connectivity index (χ1) is 21.1. The van der Waals surface area contributed by atoms with Crippen LogP contribution in [0.1, 0.15) is 97.1 Å². The van der Waals surface area contributed by atoms with E-state index in [4.69, 9.17) is 32.5 Å². The number of esters is 1. The summed E-state index contributed by atoms with van der Waals surface area (Å²) in [6.45, 7) is 1.99. The van der Waals surface area contributed by atoms with Gasteiger partial charge in [0.05, 0.1) is 15.8 Å². The summed E-state index contributed by atoms with van der Waals surface area (Å²) in [4.78, 5) is 28.6. The second kappa shape index (κ2) is 12.7. The third-order valence-corrected chi connectivity index (χ3v) is 10.7. The third-order valence-electron chi connectivity index (χ3n) is 8.73. The summed E-state index contributed by atoms with van der Waals surface area (Å²) in [5.41, 5.74) is 2.32. The van der Waals surface area contributed by atoms with E-state index in [1.807, 2.05) is 19.1 Å². The minimum Gasteiger partial charge on any atom is -0.458 e. The molecule has 1 saturated carbocycles. The second-order valence-corrected chi connectivity index (χ2v) is 14.6. The number of carbonyl (C=O) groups is 2. The number of piperidine rings is 1. The van der Waals surface area contributed by atoms with E-state index in [9.17, 15) is 18.0 Å². The topological polar surface area (TPSA) is 119 Å². The van der Waals surface area contributed by atoms with Crippen LogP contribution in [0.4, 0.5) is 5.69 Å². The molecular formula is C32H35Cl2N3O6S. The van der Waals surface area contributed by atoms with Crippen LogP contribution in [-0.4, -0.2) is 49.4 Å². The molecule has 1 aromatic heterocycles. The Kier molecular flexibility index (Phi) is 8.95. The fourth-order valence-electron chi connectivity index (χ4n) is 6.45. The van der Waals surface area contributed by atoms with Crippen LogP contribution in [0.25, 0.3) is 11.3 Å². The van der Waals surface area contributed by atoms with Gasteiger partial charge in [0, 0.05) is 47.7 Å². The molecule has 3 atom stereocenters. The molecule has 3 aliphatic rings. The molecule has 0 spiro atoms. The lowest BCUT2D eigenvalue weighted by Gasteiger charge is -2.40. The molecule has 2 bridgehead atoms. The number of rotatable bonds is 11. The molecule has 12 heteroatoms. The molecule has 3 heterocycles. The lowest BCUT2D eigenvalue weighted by molar-refractivity contribution is 0.0202. The molecule has 3 fully saturated rings. The first kappa shape index (κ1) is 30.9. The first-order valence-corrected chi connectivity index (χ1v) is 17.6. The first-order valence-electron chi connectivity index (χ1n) is 15.2. The Morgan fingerprint density at radius 1 is 1.00 bits per heavy atom. The molecule has 9 nitrogen and oxygen atoms in total. The molecule has 1 N–H and O–H groups in total. The highest BCUT2D eigenvalue weighted by molar-refractivity contribution is 7.90. The molecule has 1 amide bonds. The number of anilines is 1. The lowest BCUT2D eigenvalue weighted by Crippen LogP contribution is -2.46. The van der Waals surface area contributed by atoms with Crippen molar-refractivity contribution >= 4 is 50.8 Å². The van der Waals surface area contributed by atoms with Crippen molar-refractivity contribution in [2.75, 3.05) is 10.7 Å². The van der Waals surface area contributed by atoms with Gasteiger partial charge in [-0.3, -0.25) is 4.79 Å². The molecule has 6 rings (SSSR count). The fraction of sp³-hybridized carbons (Fsp3) is 0.469. The molecule has 0 radical (unpaired) electrons. The molecular weight excluding hydrogens is 625 g/mol. The smallest absolute Gasteiger partial charge is 0.344 e. The van der Waals surface area contributed by atoms with Crippen LogP contribution < -0.4 is 9.62 Å². The van der Waals surface area contributed by atoms with Crippen LogP contribution in [0.5, 0.6) is 0 Å². The van der Waals surface area contributed by atoms with Gasteiger partial charge in [0.15, 0.2) is 5.76 Å². The highest BCUT2D eigenvalue weighted by Gasteiger charge is 2.44. The Morgan fingerprint density at radius 2 is 1.66 bits per heavy atom. The van der Waals surface area contributed by atoms with Gasteiger partial charge in [-0.2, -0.15) is 0 Å². The Morgan fingerprint density at radius 3 is 2.27 bits per heavy atom. The average molecular weight is 661 g/mol. The zero-order valence-electron chi connectivity index (χ0n) is 24.4. The number of hydrogen-bond donors (Lipinski definition) is 1. The molecule has 1 aliphatic carbocycles. The summed E-state index contributed by atoms with van der Waals surface area (Å²) in [6, 6.07) is 12.5. The van der Waals surface area contributed by atoms with Crippen LogP contribution in [0.2, 0.25) is 10.0 Å². The van der Waals surface area contributed by atoms with Crippen LogP contribution in [0.3, 0.4) is 0 Å². The predicted octanol–water partition coefficient (Wildman–Crippen LogP) is 7.13. The number of sulfonamides is 1. The second-order valence-electron chi connectivity index (χ2n) is 11.9. The summed E-state index contributed by atoms with van der Waals surface area (Å²) in [6.07, 6.45) is 7.00. The number of nitrogens with one attached hydrogen (secondary N) is 1. The number of nitrogens with zero attached hydrogens (tertiary/aromatic N) is 2. The number of ether oxygens (including phenoxy) is 1. The maximum Gasteiger partial charge on any atom is 0.344 e. The fourth-order valence-corrected chi connectivity index (χ4v) is 8.12. The van der Waals surface area contributed by atoms with Crippen molar-refractivity contribution in [1.82, 2.24) is 9.88 Å². The van der Waals surface area contributed by atoms with Gasteiger partial charge in [-0.25, -0.2) is 17.9 Å². The maximum absolute atomic E-state index is 13.7. The lowest BCUT2D eigenvalue weighted by atomic mass is 9.98. The van der Waals surface area contributed by atoms with E-state index in [-0.39, 0.29) is 29.9 Å². The maximum atomic E-state index is 13.7. The summed E-state index contributed by atoms with van der Waals surface area (Å²) in [7, 11) is -3.67. The van der Waals surface area contributed by atoms with Crippen molar-refractivity contribution in [2.24, 2.45) is 0 Å². The van der Waals surface area contributed by atoms with E-state index < -0.39 is 21.9 Å². The van der Waals surface area contributed by atoms with Crippen molar-refractivity contribution in [3.05, 3.63) is 69.4 Å². The number of halogens is 2. The van der Waals surface area contributed by atoms with Gasteiger partial charge in [-0.05, 0) is 68.5 Å². The Labute approximate surface area is 267 Å². The van der Waals surface area contributed by atoms with Gasteiger partial charge in [0.1, 0.15) is 17.4 Å². The van der Waals surface area contributed by atoms with Crippen molar-refractivity contribution in [1.29, 1.82) is 0 Å². The number of carbonyl (C=O) groups excluding carboxylic acids is 2. The van der Waals surface area contributed by atoms with Gasteiger partial charge in [-0.15, -0.1) is 0 Å². The van der Waals surface area contributed by atoms with E-state index in [0.29, 0.717) is 57.5 Å². The quantitative estimate of drug-likeness (QED) is 0.171. The van der Waals surface area contributed by atoms with Gasteiger partial charge >= 0.3 is 5.97 Å². The summed E-state index contributed by atoms with van der Waals surface area (Å²) >= 11 is 12.9. The summed E-state index contributed by atoms with van der Waals surface area (Å²) in [5.74, 6) is -0.513. The van der Waals surface area contributed by atoms with Crippen LogP contribution in [-0.2, 0) is 14.8 Å². The van der Waals surface area contributed by atoms with Crippen LogP contribution >= 0.6 is 23.2 Å². The van der Waals surface area contributed by atoms with Crippen molar-refractivity contribution in [3.63, 3.8) is 0 Å². The van der Waals surface area contributed by atoms with E-state index in [0.717, 1.165) is 44.2 Å². The number of amides is 1. The standard InChI is InChI=1S/C32H35Cl2N3O6S/c1-2-3-4-16-44(40,41)36-31(38)20-10-12-21(13-11-20)37-22-14-15-23(37)18-24(17-22)42-32(39)28-29(35-43-30(28)19-8-9-19)27-25(33)6-5-7-26(27)34/h5-7,10-13,19,22-24H,2-4,8-9,14-18H2,1H3,(H,36,38)/t22-,23+,24?. The largest absolute Gasteiger partial charge is 0.458 e. The minimum absolute atomic E-state index is 0.0679. The molecule has 1 unspecified atom stereocenters. The van der Waals surface area contributed by atoms with Crippen molar-refractivity contribution < 1.29 is 27.3 Å². The predicted molar refractivity (Wildman–Crippen MR) is 169 cm³/mol. The molecule has 44 heavy (non-hydrogen) atoms. The zero-order valence-corrected chi connectivity index (χ0v) is 26.8. The Bertz CT molecular complexity index is 1620. The molecule has 3 aromatic rings. The summed E-state index contributed by atoms with van der Waals surface area (Å²) in [5, 5.41) is 4.98. The van der Waals surface area contributed by atoms with Gasteiger partial charge in [-0.1, -0.05) is 54.2 Å². The third kappa shape index (κ3) is 6.48. The van der Waals surface area contributed by atoms with Gasteiger partial charge in [0.25, 0.3) is 5.91 Å². The number of hydrogen-bond acceptors (Lipinski definition) is 8. The minimum atomic E-state index is -3.67. The monoisotopic (exact) mass is 659 g/mol. The van der Waals surface area contributed by atoms with Crippen molar-refractivity contribution in [2.45, 2.75) is 88.8 Å². The number of fused-ring (bicyclic) bond motifs is 2. The average Bonchev–Trinajstić information content (AvgIpc) is 3.68. The van der Waals surface area contributed by atoms with E-state index in [1.54, 1.807) is 30.3 Å². The Balaban J connectivity index is 1.13. The molecule has 2 saturated heterocycles. The van der Waals surface area contributed by atoms with E-state index >= 15 is 0 Å². The van der Waals surface area contributed by atoms with Crippen LogP contribution in [0.15, 0.2) is 47.0 Å². The number of aromatic nitrogens is 1. The molecule has 2 aromatic carbocycles. The highest BCUT2D eigenvalue weighted by Crippen LogP contribution is 2.47. The van der Waals surface area contributed by atoms with E-state index in [1.165, 1.54) is 0 Å². The zero-order chi connectivity index (χ0) is 31.0.